The molecule has 176 valence electrons. The molecule has 1 saturated carbocycles. The van der Waals surface area contributed by atoms with Gasteiger partial charge < -0.3 is 15.0 Å². The molecule has 2 aromatic carbocycles. The number of ether oxygens (including phenoxy) is 1. The topological polar surface area (TPSA) is 41.6 Å². The Kier molecular flexibility index (Phi) is 8.22. The molecular formula is C29H38N2O2. The highest BCUT2D eigenvalue weighted by Gasteiger charge is 2.21. The number of hydrogen-bond acceptors (Lipinski definition) is 3. The lowest BCUT2D eigenvalue weighted by molar-refractivity contribution is 0.0773. The smallest absolute Gasteiger partial charge is 0.253 e. The van der Waals surface area contributed by atoms with Crippen molar-refractivity contribution in [2.45, 2.75) is 64.9 Å². The van der Waals surface area contributed by atoms with Gasteiger partial charge in [0.1, 0.15) is 5.75 Å². The molecule has 1 saturated heterocycles. The van der Waals surface area contributed by atoms with Crippen molar-refractivity contribution in [3.8, 4) is 5.75 Å². The Morgan fingerprint density at radius 3 is 2.21 bits per heavy atom. The lowest BCUT2D eigenvalue weighted by atomic mass is 9.88. The number of hydrogen-bond donors (Lipinski definition) is 1. The minimum Gasteiger partial charge on any atom is -0.490 e. The van der Waals surface area contributed by atoms with Crippen molar-refractivity contribution in [3.63, 3.8) is 0 Å². The molecule has 2 aliphatic rings. The van der Waals surface area contributed by atoms with E-state index in [0.717, 1.165) is 63.2 Å². The average molecular weight is 447 g/mol. The third-order valence-corrected chi connectivity index (χ3v) is 7.03. The predicted molar refractivity (Wildman–Crippen MR) is 136 cm³/mol. The number of carbonyl (C=O) groups excluding carboxylic acids is 1. The Hall–Kier alpha value is -2.59. The van der Waals surface area contributed by atoms with Crippen LogP contribution in [0.15, 0.2) is 54.1 Å². The van der Waals surface area contributed by atoms with Crippen molar-refractivity contribution in [1.29, 1.82) is 0 Å². The first kappa shape index (κ1) is 23.6. The highest BCUT2D eigenvalue weighted by atomic mass is 16.5. The summed E-state index contributed by atoms with van der Waals surface area (Å²) in [4.78, 5) is 14.7. The molecular weight excluding hydrogens is 408 g/mol. The first-order valence-corrected chi connectivity index (χ1v) is 12.8. The molecule has 1 N–H and O–H groups in total. The molecule has 33 heavy (non-hydrogen) atoms. The molecule has 2 fully saturated rings. The third kappa shape index (κ3) is 5.67. The van der Waals surface area contributed by atoms with Gasteiger partial charge in [-0.1, -0.05) is 42.3 Å². The van der Waals surface area contributed by atoms with Crippen LogP contribution in [-0.2, 0) is 0 Å². The van der Waals surface area contributed by atoms with Gasteiger partial charge in [-0.2, -0.15) is 0 Å². The molecule has 0 bridgehead atoms. The number of para-hydroxylation sites is 1. The van der Waals surface area contributed by atoms with Crippen LogP contribution in [-0.4, -0.2) is 43.1 Å². The third-order valence-electron chi connectivity index (χ3n) is 7.03. The lowest BCUT2D eigenvalue weighted by Gasteiger charge is -2.27. The number of amides is 1. The summed E-state index contributed by atoms with van der Waals surface area (Å²) in [7, 11) is 0. The number of nitrogens with zero attached hydrogens (tertiary/aromatic N) is 1. The second-order valence-corrected chi connectivity index (χ2v) is 9.16. The summed E-state index contributed by atoms with van der Waals surface area (Å²) in [6, 6.07) is 16.8. The van der Waals surface area contributed by atoms with E-state index >= 15 is 0 Å². The first-order chi connectivity index (χ1) is 16.2. The van der Waals surface area contributed by atoms with E-state index in [0.29, 0.717) is 6.10 Å². The number of piperidine rings is 1. The summed E-state index contributed by atoms with van der Waals surface area (Å²) in [6.07, 6.45) is 8.51. The molecule has 4 rings (SSSR count). The van der Waals surface area contributed by atoms with Crippen molar-refractivity contribution in [3.05, 3.63) is 70.8 Å². The van der Waals surface area contributed by atoms with Crippen molar-refractivity contribution in [2.75, 3.05) is 26.2 Å². The molecule has 4 nitrogen and oxygen atoms in total. The Balaban J connectivity index is 1.70. The van der Waals surface area contributed by atoms with Gasteiger partial charge in [0.25, 0.3) is 5.91 Å². The minimum atomic E-state index is 0.101. The quantitative estimate of drug-likeness (QED) is 0.562. The summed E-state index contributed by atoms with van der Waals surface area (Å²) in [5.41, 5.74) is 5.86. The van der Waals surface area contributed by atoms with Gasteiger partial charge in [-0.3, -0.25) is 4.79 Å². The molecule has 1 amide bonds. The van der Waals surface area contributed by atoms with Gasteiger partial charge in [0.2, 0.25) is 0 Å². The van der Waals surface area contributed by atoms with Crippen LogP contribution in [0.2, 0.25) is 0 Å². The number of rotatable bonds is 7. The van der Waals surface area contributed by atoms with Crippen LogP contribution in [0, 0.1) is 0 Å². The van der Waals surface area contributed by atoms with E-state index in [4.69, 9.17) is 4.74 Å². The summed E-state index contributed by atoms with van der Waals surface area (Å²) in [6.45, 7) is 7.51. The van der Waals surface area contributed by atoms with Gasteiger partial charge in [-0.15, -0.1) is 0 Å². The zero-order chi connectivity index (χ0) is 23.0. The average Bonchev–Trinajstić information content (AvgIpc) is 2.88. The monoisotopic (exact) mass is 446 g/mol. The number of carbonyl (C=O) groups is 1. The Bertz CT molecular complexity index is 946. The number of nitrogens with one attached hydrogen (secondary N) is 1. The van der Waals surface area contributed by atoms with E-state index < -0.39 is 0 Å². The van der Waals surface area contributed by atoms with Crippen LogP contribution >= 0.6 is 0 Å². The maximum atomic E-state index is 12.8. The molecule has 0 spiro atoms. The lowest BCUT2D eigenvalue weighted by Crippen LogP contribution is -2.30. The Labute approximate surface area is 199 Å². The van der Waals surface area contributed by atoms with Crippen LogP contribution in [0.4, 0.5) is 0 Å². The van der Waals surface area contributed by atoms with Gasteiger partial charge in [0.15, 0.2) is 0 Å². The fourth-order valence-corrected chi connectivity index (χ4v) is 5.14. The number of benzene rings is 2. The molecule has 0 atom stereocenters. The second kappa shape index (κ2) is 11.5. The van der Waals surface area contributed by atoms with Crippen LogP contribution in [0.3, 0.4) is 0 Å². The van der Waals surface area contributed by atoms with Crippen LogP contribution in [0.5, 0.6) is 5.75 Å². The highest BCUT2D eigenvalue weighted by molar-refractivity contribution is 5.95. The van der Waals surface area contributed by atoms with E-state index in [1.54, 1.807) is 0 Å². The molecule has 1 aliphatic heterocycles. The molecule has 1 heterocycles. The van der Waals surface area contributed by atoms with Gasteiger partial charge in [-0.25, -0.2) is 0 Å². The normalized spacial score (nSPS) is 17.0. The molecule has 0 aromatic heterocycles. The van der Waals surface area contributed by atoms with Crippen molar-refractivity contribution in [1.82, 2.24) is 10.2 Å². The molecule has 0 radical (unpaired) electrons. The van der Waals surface area contributed by atoms with E-state index in [2.05, 4.69) is 41.7 Å². The standard InChI is InChI=1S/C29H38N2O2/c1-3-31(4-2)29(32)24-16-14-22(15-17-24)28(23-18-20-30-21-19-23)26-12-8-9-13-27(26)33-25-10-6-5-7-11-25/h8-9,12-17,25,30H,3-7,10-11,18-21H2,1-2H3. The van der Waals surface area contributed by atoms with Gasteiger partial charge >= 0.3 is 0 Å². The predicted octanol–water partition coefficient (Wildman–Crippen LogP) is 6.07. The Morgan fingerprint density at radius 1 is 0.909 bits per heavy atom. The minimum absolute atomic E-state index is 0.101. The highest BCUT2D eigenvalue weighted by Crippen LogP contribution is 2.37. The summed E-state index contributed by atoms with van der Waals surface area (Å²) >= 11 is 0. The summed E-state index contributed by atoms with van der Waals surface area (Å²) in [5.74, 6) is 1.09. The van der Waals surface area contributed by atoms with Crippen LogP contribution in [0.1, 0.15) is 80.3 Å². The Morgan fingerprint density at radius 2 is 1.55 bits per heavy atom. The van der Waals surface area contributed by atoms with Gasteiger partial charge in [-0.05, 0) is 94.8 Å². The van der Waals surface area contributed by atoms with Gasteiger partial charge in [0, 0.05) is 24.2 Å². The summed E-state index contributed by atoms with van der Waals surface area (Å²) < 4.78 is 6.59. The van der Waals surface area contributed by atoms with E-state index in [1.807, 2.05) is 30.9 Å². The largest absolute Gasteiger partial charge is 0.490 e. The van der Waals surface area contributed by atoms with E-state index in [1.165, 1.54) is 41.5 Å². The van der Waals surface area contributed by atoms with Gasteiger partial charge in [0.05, 0.1) is 6.10 Å². The second-order valence-electron chi connectivity index (χ2n) is 9.16. The van der Waals surface area contributed by atoms with Crippen LogP contribution < -0.4 is 10.1 Å². The molecule has 0 unspecified atom stereocenters. The van der Waals surface area contributed by atoms with Crippen LogP contribution in [0.25, 0.3) is 5.57 Å². The van der Waals surface area contributed by atoms with Crippen molar-refractivity contribution < 1.29 is 9.53 Å². The maximum Gasteiger partial charge on any atom is 0.253 e. The van der Waals surface area contributed by atoms with E-state index in [9.17, 15) is 4.79 Å². The zero-order valence-electron chi connectivity index (χ0n) is 20.2. The first-order valence-electron chi connectivity index (χ1n) is 12.8. The molecule has 1 aliphatic carbocycles. The van der Waals surface area contributed by atoms with Crippen molar-refractivity contribution in [2.24, 2.45) is 0 Å². The molecule has 2 aromatic rings. The van der Waals surface area contributed by atoms with Crippen molar-refractivity contribution >= 4 is 11.5 Å². The van der Waals surface area contributed by atoms with E-state index in [-0.39, 0.29) is 5.91 Å². The summed E-state index contributed by atoms with van der Waals surface area (Å²) in [5, 5.41) is 3.49. The fourth-order valence-electron chi connectivity index (χ4n) is 5.14. The zero-order valence-corrected chi connectivity index (χ0v) is 20.2. The SMILES string of the molecule is CCN(CC)C(=O)c1ccc(C(=C2CCNCC2)c2ccccc2OC2CCCCC2)cc1. The molecule has 4 heteroatoms. The fraction of sp³-hybridized carbons (Fsp3) is 0.483. The maximum absolute atomic E-state index is 12.8.